The molecule has 32 heavy (non-hydrogen) atoms. The fourth-order valence-corrected chi connectivity index (χ4v) is 7.71. The lowest BCUT2D eigenvalue weighted by molar-refractivity contribution is -0.348. The number of fused-ring (bicyclic) bond motifs is 1. The maximum Gasteiger partial charge on any atom is 0.272 e. The van der Waals surface area contributed by atoms with Crippen LogP contribution in [0.5, 0.6) is 0 Å². The van der Waals surface area contributed by atoms with Gasteiger partial charge in [-0.25, -0.2) is 13.1 Å². The second-order valence-corrected chi connectivity index (χ2v) is 10.3. The molecule has 3 fully saturated rings. The molecule has 2 aliphatic carbocycles. The number of nitrogens with one attached hydrogen (secondary N) is 1. The Kier molecular flexibility index (Phi) is 4.25. The lowest BCUT2D eigenvalue weighted by Crippen LogP contribution is -2.90. The summed E-state index contributed by atoms with van der Waals surface area (Å²) in [4.78, 5) is 14.1. The van der Waals surface area contributed by atoms with Crippen molar-refractivity contribution in [2.45, 2.75) is 55.3 Å². The molecular weight excluding hydrogens is 436 g/mol. The van der Waals surface area contributed by atoms with Gasteiger partial charge >= 0.3 is 0 Å². The fourth-order valence-electron chi connectivity index (χ4n) is 6.18. The Hall–Kier alpha value is -2.20. The van der Waals surface area contributed by atoms with Crippen molar-refractivity contribution in [3.8, 4) is 0 Å². The van der Waals surface area contributed by atoms with Crippen LogP contribution in [0.15, 0.2) is 29.2 Å². The molecule has 1 spiro atoms. The zero-order chi connectivity index (χ0) is 22.4. The van der Waals surface area contributed by atoms with Crippen molar-refractivity contribution in [3.63, 3.8) is 0 Å². The van der Waals surface area contributed by atoms with Gasteiger partial charge in [0, 0.05) is 35.8 Å². The van der Waals surface area contributed by atoms with Gasteiger partial charge in [-0.3, -0.25) is 4.79 Å². The second-order valence-electron chi connectivity index (χ2n) is 9.24. The molecule has 168 valence electrons. The molecular formula is C23H23F2N3O3S. The number of hydrogen-bond acceptors (Lipinski definition) is 5. The predicted molar refractivity (Wildman–Crippen MR) is 116 cm³/mol. The van der Waals surface area contributed by atoms with E-state index in [1.807, 2.05) is 23.6 Å². The first-order valence-electron chi connectivity index (χ1n) is 10.8. The first kappa shape index (κ1) is 20.4. The molecule has 2 aromatic rings. The molecule has 1 amide bonds. The van der Waals surface area contributed by atoms with E-state index in [1.165, 1.54) is 6.07 Å². The van der Waals surface area contributed by atoms with Crippen LogP contribution in [0, 0.1) is 24.0 Å². The molecule has 1 saturated heterocycles. The van der Waals surface area contributed by atoms with Gasteiger partial charge < -0.3 is 20.1 Å². The van der Waals surface area contributed by atoms with Crippen molar-refractivity contribution in [2.24, 2.45) is 5.41 Å². The highest BCUT2D eigenvalue weighted by Gasteiger charge is 2.81. The van der Waals surface area contributed by atoms with E-state index in [-0.39, 0.29) is 35.7 Å². The van der Waals surface area contributed by atoms with Crippen LogP contribution in [-0.4, -0.2) is 49.3 Å². The molecule has 6 nitrogen and oxygen atoms in total. The van der Waals surface area contributed by atoms with Gasteiger partial charge in [-0.15, -0.1) is 0 Å². The largest absolute Gasteiger partial charge is 0.393 e. The van der Waals surface area contributed by atoms with Crippen LogP contribution in [0.4, 0.5) is 14.5 Å². The molecule has 6 rings (SSSR count). The van der Waals surface area contributed by atoms with Gasteiger partial charge in [0.1, 0.15) is 5.69 Å². The van der Waals surface area contributed by atoms with E-state index in [4.69, 9.17) is 0 Å². The third kappa shape index (κ3) is 2.37. The number of allylic oxidation sites excluding steroid dienone is 1. The van der Waals surface area contributed by atoms with Crippen LogP contribution in [-0.2, 0) is 6.54 Å². The number of anilines is 1. The lowest BCUT2D eigenvalue weighted by Gasteiger charge is -2.81. The molecule has 0 radical (unpaired) electrons. The monoisotopic (exact) mass is 459 g/mol. The molecule has 4 atom stereocenters. The first-order chi connectivity index (χ1) is 15.3. The number of hydrogen-bond donors (Lipinski definition) is 3. The minimum Gasteiger partial charge on any atom is -0.393 e. The molecule has 4 unspecified atom stereocenters. The summed E-state index contributed by atoms with van der Waals surface area (Å²) in [7, 11) is 0. The summed E-state index contributed by atoms with van der Waals surface area (Å²) in [6.45, 7) is 2.27. The molecule has 4 aliphatic rings. The first-order valence-corrected chi connectivity index (χ1v) is 11.5. The summed E-state index contributed by atoms with van der Waals surface area (Å²) >= 11 is 1.62. The highest BCUT2D eigenvalue weighted by atomic mass is 32.2. The van der Waals surface area contributed by atoms with Crippen molar-refractivity contribution in [1.29, 1.82) is 0 Å². The average molecular weight is 460 g/mol. The van der Waals surface area contributed by atoms with Gasteiger partial charge in [-0.2, -0.15) is 0 Å². The Labute approximate surface area is 188 Å². The maximum absolute atomic E-state index is 13.6. The third-order valence-corrected chi connectivity index (χ3v) is 9.35. The number of halogens is 2. The maximum atomic E-state index is 13.6. The Balaban J connectivity index is 1.27. The quantitative estimate of drug-likeness (QED) is 0.598. The molecule has 9 heteroatoms. The smallest absolute Gasteiger partial charge is 0.272 e. The van der Waals surface area contributed by atoms with Gasteiger partial charge in [0.25, 0.3) is 5.91 Å². The number of amides is 1. The van der Waals surface area contributed by atoms with E-state index in [2.05, 4.69) is 9.62 Å². The van der Waals surface area contributed by atoms with E-state index in [0.717, 1.165) is 41.1 Å². The molecule has 3 N–H and O–H groups in total. The number of aliphatic hydroxyl groups excluding tert-OH is 1. The summed E-state index contributed by atoms with van der Waals surface area (Å²) in [5.41, 5.74) is 1.33. The van der Waals surface area contributed by atoms with Crippen LogP contribution < -0.4 is 5.32 Å². The highest BCUT2D eigenvalue weighted by molar-refractivity contribution is 7.97. The van der Waals surface area contributed by atoms with E-state index in [1.54, 1.807) is 11.9 Å². The van der Waals surface area contributed by atoms with Gasteiger partial charge in [-0.05, 0) is 61.9 Å². The van der Waals surface area contributed by atoms with E-state index in [0.29, 0.717) is 18.7 Å². The highest BCUT2D eigenvalue weighted by Crippen LogP contribution is 2.74. The minimum absolute atomic E-state index is 0.186. The number of piperidine rings is 2. The lowest BCUT2D eigenvalue weighted by atomic mass is 9.37. The Morgan fingerprint density at radius 3 is 2.78 bits per heavy atom. The number of rotatable bonds is 5. The number of carbonyl (C=O) groups excluding carboxylic acids is 1. The Morgan fingerprint density at radius 1 is 1.31 bits per heavy atom. The van der Waals surface area contributed by atoms with Crippen LogP contribution in [0.3, 0.4) is 0 Å². The van der Waals surface area contributed by atoms with Crippen LogP contribution >= 0.6 is 11.9 Å². The van der Waals surface area contributed by atoms with Crippen LogP contribution in [0.25, 0.3) is 6.08 Å². The average Bonchev–Trinajstić information content (AvgIpc) is 3.28. The molecule has 2 aliphatic heterocycles. The van der Waals surface area contributed by atoms with Crippen molar-refractivity contribution in [2.75, 3.05) is 11.9 Å². The summed E-state index contributed by atoms with van der Waals surface area (Å²) < 4.78 is 31.1. The fraction of sp³-hybridized carbons (Fsp3) is 0.435. The van der Waals surface area contributed by atoms with Crippen molar-refractivity contribution in [3.05, 3.63) is 52.9 Å². The predicted octanol–water partition coefficient (Wildman–Crippen LogP) is 3.32. The zero-order valence-electron chi connectivity index (χ0n) is 17.4. The Morgan fingerprint density at radius 2 is 2.12 bits per heavy atom. The van der Waals surface area contributed by atoms with Crippen LogP contribution in [0.1, 0.15) is 41.0 Å². The summed E-state index contributed by atoms with van der Waals surface area (Å²) in [5, 5.41) is 23.1. The van der Waals surface area contributed by atoms with Gasteiger partial charge in [0.15, 0.2) is 11.6 Å². The standard InChI is InChI=1S/C23H23F2N3O3S/c1-12-19(21(30)26-13-4-5-14(24)15(25)9-13)27-8-2-3-16(27)20(12)32-28-17-6-7-23(17)18(28)10-22(23,31)11-29/h2-5,9,17-18,29,31H,6-8,10-11H2,1H3,(H,26,30). The molecule has 1 aromatic heterocycles. The molecule has 0 bridgehead atoms. The second kappa shape index (κ2) is 6.66. The minimum atomic E-state index is -1.01. The molecule has 3 heterocycles. The number of nitrogens with zero attached hydrogens (tertiary/aromatic N) is 2. The summed E-state index contributed by atoms with van der Waals surface area (Å²) in [6, 6.07) is 3.75. The van der Waals surface area contributed by atoms with E-state index < -0.39 is 17.2 Å². The normalized spacial score (nSPS) is 31.8. The van der Waals surface area contributed by atoms with Gasteiger partial charge in [0.05, 0.1) is 22.8 Å². The van der Waals surface area contributed by atoms with Gasteiger partial charge in [-0.1, -0.05) is 6.08 Å². The SMILES string of the molecule is Cc1c(SN2C3CCC34C2CC4(O)CO)c2n(c1C(=O)Nc1ccc(F)c(F)c1)CC=C2. The number of benzene rings is 1. The Bertz CT molecular complexity index is 1190. The topological polar surface area (TPSA) is 77.7 Å². The van der Waals surface area contributed by atoms with Crippen LogP contribution in [0.2, 0.25) is 0 Å². The summed E-state index contributed by atoms with van der Waals surface area (Å²) in [6.07, 6.45) is 6.47. The third-order valence-electron chi connectivity index (χ3n) is 7.94. The van der Waals surface area contributed by atoms with Crippen molar-refractivity contribution < 1.29 is 23.8 Å². The zero-order valence-corrected chi connectivity index (χ0v) is 18.3. The number of aromatic nitrogens is 1. The van der Waals surface area contributed by atoms with Crippen molar-refractivity contribution >= 4 is 29.6 Å². The number of carbonyl (C=O) groups is 1. The number of aliphatic hydroxyl groups is 2. The van der Waals surface area contributed by atoms with Gasteiger partial charge in [0.2, 0.25) is 0 Å². The van der Waals surface area contributed by atoms with E-state index >= 15 is 0 Å². The summed E-state index contributed by atoms with van der Waals surface area (Å²) in [5.74, 6) is -2.34. The van der Waals surface area contributed by atoms with E-state index in [9.17, 15) is 23.8 Å². The van der Waals surface area contributed by atoms with Crippen molar-refractivity contribution in [1.82, 2.24) is 8.87 Å². The molecule has 1 aromatic carbocycles. The molecule has 2 saturated carbocycles.